The van der Waals surface area contributed by atoms with Crippen LogP contribution in [0.5, 0.6) is 0 Å². The largest absolute Gasteiger partial charge is 1.00 e. The summed E-state index contributed by atoms with van der Waals surface area (Å²) in [5, 5.41) is 24.1. The monoisotopic (exact) mass is 730 g/mol. The van der Waals surface area contributed by atoms with Gasteiger partial charge in [0.05, 0.1) is 66.7 Å². The lowest BCUT2D eigenvalue weighted by Crippen LogP contribution is -3.00. The van der Waals surface area contributed by atoms with E-state index in [-0.39, 0.29) is 68.3 Å². The highest BCUT2D eigenvalue weighted by Gasteiger charge is 2.46. The van der Waals surface area contributed by atoms with Crippen molar-refractivity contribution < 1.29 is 62.8 Å². The topological polar surface area (TPSA) is 65.4 Å². The number of ether oxygens (including phenoxy) is 2. The summed E-state index contributed by atoms with van der Waals surface area (Å²) in [5.74, 6) is 0. The van der Waals surface area contributed by atoms with E-state index in [1.807, 2.05) is 0 Å². The smallest absolute Gasteiger partial charge is 0.102 e. The summed E-state index contributed by atoms with van der Waals surface area (Å²) < 4.78 is 14.7. The molecule has 0 amide bonds. The average Bonchev–Trinajstić information content (AvgIpc) is 2.77. The molecule has 0 radical (unpaired) electrons. The number of quaternary nitrogens is 2. The molecule has 0 unspecified atom stereocenters. The van der Waals surface area contributed by atoms with Gasteiger partial charge in [0.25, 0.3) is 0 Å². The second-order valence-corrected chi connectivity index (χ2v) is 16.9. The number of nitrogens with zero attached hydrogens (tertiary/aromatic N) is 4. The van der Waals surface area contributed by atoms with E-state index in [0.717, 1.165) is 61.0 Å². The van der Waals surface area contributed by atoms with Crippen LogP contribution in [-0.4, -0.2) is 131 Å². The van der Waals surface area contributed by atoms with E-state index in [1.165, 1.54) is 48.9 Å². The van der Waals surface area contributed by atoms with Crippen LogP contribution in [0.15, 0.2) is 0 Å². The first-order valence-corrected chi connectivity index (χ1v) is 15.9. The number of hydrogen-bond acceptors (Lipinski definition) is 6. The molecule has 2 rings (SSSR count). The summed E-state index contributed by atoms with van der Waals surface area (Å²) >= 11 is 0. The van der Waals surface area contributed by atoms with E-state index in [9.17, 15) is 10.4 Å². The summed E-state index contributed by atoms with van der Waals surface area (Å²) in [4.78, 5) is 0. The third-order valence-corrected chi connectivity index (χ3v) is 9.58. The van der Waals surface area contributed by atoms with Crippen LogP contribution in [0, 0.1) is 0 Å². The van der Waals surface area contributed by atoms with E-state index in [1.54, 1.807) is 0 Å². The van der Waals surface area contributed by atoms with Crippen LogP contribution in [0.25, 0.3) is 0 Å². The molecule has 0 aromatic carbocycles. The molecule has 0 spiro atoms. The molecule has 0 bridgehead atoms. The number of unbranched alkanes of at least 4 members (excludes halogenated alkanes) is 3. The van der Waals surface area contributed by atoms with Gasteiger partial charge >= 0.3 is 0 Å². The van der Waals surface area contributed by atoms with Crippen molar-refractivity contribution in [2.45, 2.75) is 141 Å². The SMILES string of the molecule is CC1(C)CC(OCC[N+](C)(C)CCCCCC[N+](C)(C)CCOC2CC(C)(C)N(O)C(C)(C)C2)CC(C)(C)N1O.[Br-].[Br-]. The van der Waals surface area contributed by atoms with Gasteiger partial charge in [-0.1, -0.05) is 0 Å². The zero-order valence-electron chi connectivity index (χ0n) is 29.3. The van der Waals surface area contributed by atoms with Crippen molar-refractivity contribution in [1.29, 1.82) is 0 Å². The molecule has 2 heterocycles. The molecule has 0 aliphatic carbocycles. The van der Waals surface area contributed by atoms with Crippen LogP contribution in [0.3, 0.4) is 0 Å². The van der Waals surface area contributed by atoms with Gasteiger partial charge in [-0.25, -0.2) is 0 Å². The highest BCUT2D eigenvalue weighted by molar-refractivity contribution is 4.97. The summed E-state index contributed by atoms with van der Waals surface area (Å²) in [5.41, 5.74) is -1.04. The molecular formula is C32H68Br2N4O4. The Morgan fingerprint density at radius 3 is 1.05 bits per heavy atom. The Labute approximate surface area is 280 Å². The molecule has 0 atom stereocenters. The fourth-order valence-electron chi connectivity index (χ4n) is 7.18. The van der Waals surface area contributed by atoms with Crippen molar-refractivity contribution in [2.75, 3.05) is 67.6 Å². The van der Waals surface area contributed by atoms with Crippen molar-refractivity contribution in [3.63, 3.8) is 0 Å². The number of halogens is 2. The summed E-state index contributed by atoms with van der Waals surface area (Å²) in [7, 11) is 9.28. The fourth-order valence-corrected chi connectivity index (χ4v) is 7.18. The fraction of sp³-hybridized carbons (Fsp3) is 1.00. The Hall–Kier alpha value is 0.640. The van der Waals surface area contributed by atoms with Crippen molar-refractivity contribution in [3.05, 3.63) is 0 Å². The minimum absolute atomic E-state index is 0. The maximum atomic E-state index is 10.5. The molecule has 2 fully saturated rings. The van der Waals surface area contributed by atoms with E-state index >= 15 is 0 Å². The van der Waals surface area contributed by atoms with E-state index in [4.69, 9.17) is 9.47 Å². The van der Waals surface area contributed by atoms with Gasteiger partial charge in [0, 0.05) is 22.2 Å². The Bertz CT molecular complexity index is 692. The molecule has 0 aromatic rings. The second kappa shape index (κ2) is 16.5. The van der Waals surface area contributed by atoms with E-state index in [0.29, 0.717) is 0 Å². The molecule has 10 heteroatoms. The number of hydroxylamine groups is 4. The molecule has 2 aliphatic rings. The highest BCUT2D eigenvalue weighted by atomic mass is 79.9. The Balaban J connectivity index is 0.00000840. The third-order valence-electron chi connectivity index (χ3n) is 9.58. The lowest BCUT2D eigenvalue weighted by atomic mass is 9.80. The number of piperidine rings is 2. The molecule has 0 aromatic heterocycles. The molecule has 2 aliphatic heterocycles. The predicted molar refractivity (Wildman–Crippen MR) is 164 cm³/mol. The zero-order chi connectivity index (χ0) is 30.6. The summed E-state index contributed by atoms with van der Waals surface area (Å²) in [6.45, 7) is 22.8. The number of rotatable bonds is 15. The predicted octanol–water partition coefficient (Wildman–Crippen LogP) is -0.438. The number of likely N-dealkylation sites (N-methyl/N-ethyl adjacent to an activating group) is 2. The quantitative estimate of drug-likeness (QED) is 0.176. The van der Waals surface area contributed by atoms with Gasteiger partial charge in [0.1, 0.15) is 13.1 Å². The lowest BCUT2D eigenvalue weighted by Gasteiger charge is -2.51. The minimum Gasteiger partial charge on any atom is -1.00 e. The van der Waals surface area contributed by atoms with Gasteiger partial charge in [-0.3, -0.25) is 0 Å². The maximum absolute atomic E-state index is 10.5. The lowest BCUT2D eigenvalue weighted by molar-refractivity contribution is -0.891. The standard InChI is InChI=1S/C32H68N4O4.2BrH/c1-29(2)23-27(24-30(3,4)33(29)37)39-21-19-35(9,10)17-15-13-14-16-18-36(11,12)20-22-40-28-25-31(5,6)34(38)32(7,8)26-28;;/h27-28,37-38H,13-26H2,1-12H3;2*1H/q+2;;/p-2. The van der Waals surface area contributed by atoms with Crippen molar-refractivity contribution >= 4 is 0 Å². The maximum Gasteiger partial charge on any atom is 0.102 e. The Morgan fingerprint density at radius 1 is 0.524 bits per heavy atom. The molecule has 2 N–H and O–H groups in total. The zero-order valence-corrected chi connectivity index (χ0v) is 32.5. The molecule has 254 valence electrons. The summed E-state index contributed by atoms with van der Waals surface area (Å²) in [6, 6.07) is 0. The van der Waals surface area contributed by atoms with Crippen LogP contribution < -0.4 is 34.0 Å². The van der Waals surface area contributed by atoms with Crippen molar-refractivity contribution in [3.8, 4) is 0 Å². The van der Waals surface area contributed by atoms with E-state index in [2.05, 4.69) is 83.6 Å². The van der Waals surface area contributed by atoms with Crippen molar-refractivity contribution in [2.24, 2.45) is 0 Å². The molecule has 42 heavy (non-hydrogen) atoms. The van der Waals surface area contributed by atoms with Gasteiger partial charge in [-0.05, 0) is 107 Å². The normalized spacial score (nSPS) is 23.3. The molecular weight excluding hydrogens is 664 g/mol. The highest BCUT2D eigenvalue weighted by Crippen LogP contribution is 2.39. The van der Waals surface area contributed by atoms with Crippen molar-refractivity contribution in [1.82, 2.24) is 10.1 Å². The third kappa shape index (κ3) is 13.2. The number of hydrogen-bond donors (Lipinski definition) is 2. The average molecular weight is 733 g/mol. The van der Waals surface area contributed by atoms with Gasteiger partial charge in [-0.15, -0.1) is 0 Å². The van der Waals surface area contributed by atoms with Crippen LogP contribution in [-0.2, 0) is 9.47 Å². The van der Waals surface area contributed by atoms with Gasteiger partial charge in [0.15, 0.2) is 0 Å². The Morgan fingerprint density at radius 2 is 0.786 bits per heavy atom. The van der Waals surface area contributed by atoms with Crippen LogP contribution in [0.4, 0.5) is 0 Å². The first-order chi connectivity index (χ1) is 18.1. The molecule has 8 nitrogen and oxygen atoms in total. The Kier molecular flexibility index (Phi) is 16.7. The van der Waals surface area contributed by atoms with Crippen LogP contribution in [0.2, 0.25) is 0 Å². The van der Waals surface area contributed by atoms with Gasteiger partial charge in [0.2, 0.25) is 0 Å². The van der Waals surface area contributed by atoms with Crippen LogP contribution >= 0.6 is 0 Å². The van der Waals surface area contributed by atoms with Crippen LogP contribution in [0.1, 0.15) is 107 Å². The molecule has 0 saturated carbocycles. The second-order valence-electron chi connectivity index (χ2n) is 16.9. The van der Waals surface area contributed by atoms with Gasteiger partial charge in [-0.2, -0.15) is 10.1 Å². The first-order valence-electron chi connectivity index (χ1n) is 15.9. The van der Waals surface area contributed by atoms with E-state index < -0.39 is 0 Å². The molecule has 2 saturated heterocycles. The summed E-state index contributed by atoms with van der Waals surface area (Å²) in [6.07, 6.45) is 8.91. The minimum atomic E-state index is -0.260. The first kappa shape index (κ1) is 42.6. The van der Waals surface area contributed by atoms with Gasteiger partial charge < -0.3 is 62.8 Å².